The van der Waals surface area contributed by atoms with Crippen molar-refractivity contribution in [2.75, 3.05) is 12.4 Å². The Kier molecular flexibility index (Phi) is 5.31. The molecule has 0 radical (unpaired) electrons. The number of ether oxygens (including phenoxy) is 1. The molecule has 0 aliphatic heterocycles. The zero-order valence-corrected chi connectivity index (χ0v) is 16.3. The molecule has 4 rings (SSSR count). The third kappa shape index (κ3) is 4.00. The highest BCUT2D eigenvalue weighted by Crippen LogP contribution is 2.22. The average Bonchev–Trinajstić information content (AvgIpc) is 3.42. The number of aromatic nitrogens is 3. The van der Waals surface area contributed by atoms with Crippen molar-refractivity contribution in [3.05, 3.63) is 83.1 Å². The zero-order chi connectivity index (χ0) is 20.2. The molecule has 4 aromatic rings. The molecule has 0 fully saturated rings. The molecule has 0 atom stereocenters. The summed E-state index contributed by atoms with van der Waals surface area (Å²) in [6.45, 7) is 0.376. The van der Waals surface area contributed by atoms with E-state index in [9.17, 15) is 4.79 Å². The number of carbonyl (C=O) groups is 1. The SMILES string of the molecule is COc1cccc(C(=O)n2nc(-c3ccco3)nc2NCc2ccccc2Cl)c1. The van der Waals surface area contributed by atoms with Crippen LogP contribution in [0.5, 0.6) is 5.75 Å². The van der Waals surface area contributed by atoms with Gasteiger partial charge in [0.05, 0.1) is 13.4 Å². The lowest BCUT2D eigenvalue weighted by molar-refractivity contribution is 0.0947. The number of rotatable bonds is 6. The fourth-order valence-corrected chi connectivity index (χ4v) is 2.98. The predicted molar refractivity (Wildman–Crippen MR) is 109 cm³/mol. The largest absolute Gasteiger partial charge is 0.497 e. The first-order valence-corrected chi connectivity index (χ1v) is 9.20. The van der Waals surface area contributed by atoms with E-state index < -0.39 is 0 Å². The van der Waals surface area contributed by atoms with Gasteiger partial charge in [-0.05, 0) is 42.0 Å². The van der Waals surface area contributed by atoms with E-state index in [-0.39, 0.29) is 11.9 Å². The topological polar surface area (TPSA) is 82.2 Å². The summed E-state index contributed by atoms with van der Waals surface area (Å²) >= 11 is 6.23. The molecule has 2 aromatic carbocycles. The zero-order valence-electron chi connectivity index (χ0n) is 15.5. The maximum Gasteiger partial charge on any atom is 0.281 e. The lowest BCUT2D eigenvalue weighted by Crippen LogP contribution is -2.17. The molecule has 0 spiro atoms. The first-order chi connectivity index (χ1) is 14.2. The summed E-state index contributed by atoms with van der Waals surface area (Å²) in [7, 11) is 1.55. The fraction of sp³-hybridized carbons (Fsp3) is 0.0952. The van der Waals surface area contributed by atoms with E-state index in [2.05, 4.69) is 15.4 Å². The molecule has 2 heterocycles. The van der Waals surface area contributed by atoms with Gasteiger partial charge in [-0.25, -0.2) is 0 Å². The molecule has 2 aromatic heterocycles. The second-order valence-corrected chi connectivity index (χ2v) is 6.54. The van der Waals surface area contributed by atoms with Crippen LogP contribution in [0.2, 0.25) is 5.02 Å². The first kappa shape index (κ1) is 18.8. The van der Waals surface area contributed by atoms with Gasteiger partial charge in [0, 0.05) is 17.1 Å². The van der Waals surface area contributed by atoms with Gasteiger partial charge >= 0.3 is 0 Å². The maximum atomic E-state index is 13.1. The normalized spacial score (nSPS) is 10.7. The number of nitrogens with one attached hydrogen (secondary N) is 1. The molecule has 0 amide bonds. The minimum Gasteiger partial charge on any atom is -0.497 e. The van der Waals surface area contributed by atoms with Gasteiger partial charge in [-0.15, -0.1) is 5.10 Å². The number of anilines is 1. The maximum absolute atomic E-state index is 13.1. The Morgan fingerprint density at radius 3 is 2.79 bits per heavy atom. The molecule has 1 N–H and O–H groups in total. The summed E-state index contributed by atoms with van der Waals surface area (Å²) in [6, 6.07) is 17.8. The number of nitrogens with zero attached hydrogens (tertiary/aromatic N) is 3. The van der Waals surface area contributed by atoms with Crippen LogP contribution in [0, 0.1) is 0 Å². The molecule has 0 saturated heterocycles. The van der Waals surface area contributed by atoms with Gasteiger partial charge < -0.3 is 14.5 Å². The van der Waals surface area contributed by atoms with Crippen LogP contribution in [0.15, 0.2) is 71.3 Å². The van der Waals surface area contributed by atoms with Gasteiger partial charge in [0.2, 0.25) is 11.8 Å². The number of carbonyl (C=O) groups excluding carboxylic acids is 1. The van der Waals surface area contributed by atoms with Crippen molar-refractivity contribution in [3.63, 3.8) is 0 Å². The van der Waals surface area contributed by atoms with Crippen molar-refractivity contribution < 1.29 is 13.9 Å². The van der Waals surface area contributed by atoms with Crippen LogP contribution in [0.4, 0.5) is 5.95 Å². The van der Waals surface area contributed by atoms with Crippen LogP contribution in [0.25, 0.3) is 11.6 Å². The Morgan fingerprint density at radius 1 is 1.17 bits per heavy atom. The van der Waals surface area contributed by atoms with Crippen molar-refractivity contribution in [1.82, 2.24) is 14.8 Å². The second kappa shape index (κ2) is 8.20. The first-order valence-electron chi connectivity index (χ1n) is 8.82. The molecule has 0 unspecified atom stereocenters. The minimum atomic E-state index is -0.351. The van der Waals surface area contributed by atoms with Gasteiger partial charge in [0.1, 0.15) is 5.75 Å². The molecule has 0 aliphatic rings. The van der Waals surface area contributed by atoms with E-state index in [1.54, 1.807) is 49.6 Å². The molecule has 8 heteroatoms. The number of halogens is 1. The van der Waals surface area contributed by atoms with E-state index in [4.69, 9.17) is 20.8 Å². The van der Waals surface area contributed by atoms with E-state index >= 15 is 0 Å². The third-order valence-corrected chi connectivity index (χ3v) is 4.62. The number of hydrogen-bond acceptors (Lipinski definition) is 6. The van der Waals surface area contributed by atoms with Crippen molar-refractivity contribution in [3.8, 4) is 17.3 Å². The number of furan rings is 1. The number of methoxy groups -OCH3 is 1. The summed E-state index contributed by atoms with van der Waals surface area (Å²) in [4.78, 5) is 17.5. The molecular formula is C21H17ClN4O3. The smallest absolute Gasteiger partial charge is 0.281 e. The summed E-state index contributed by atoms with van der Waals surface area (Å²) in [5.41, 5.74) is 1.29. The van der Waals surface area contributed by atoms with E-state index in [1.807, 2.05) is 18.2 Å². The molecule has 0 saturated carbocycles. The quantitative estimate of drug-likeness (QED) is 0.505. The molecule has 29 heavy (non-hydrogen) atoms. The highest BCUT2D eigenvalue weighted by molar-refractivity contribution is 6.31. The number of hydrogen-bond donors (Lipinski definition) is 1. The lowest BCUT2D eigenvalue weighted by Gasteiger charge is -2.09. The molecule has 146 valence electrons. The number of benzene rings is 2. The van der Waals surface area contributed by atoms with Gasteiger partial charge in [0.25, 0.3) is 5.91 Å². The van der Waals surface area contributed by atoms with Crippen LogP contribution in [-0.4, -0.2) is 27.8 Å². The molecular weight excluding hydrogens is 392 g/mol. The second-order valence-electron chi connectivity index (χ2n) is 6.13. The minimum absolute atomic E-state index is 0.282. The van der Waals surface area contributed by atoms with Crippen LogP contribution in [-0.2, 0) is 6.54 Å². The van der Waals surface area contributed by atoms with Crippen molar-refractivity contribution in [1.29, 1.82) is 0 Å². The van der Waals surface area contributed by atoms with E-state index in [0.717, 1.165) is 5.56 Å². The monoisotopic (exact) mass is 408 g/mol. The third-order valence-electron chi connectivity index (χ3n) is 4.25. The summed E-state index contributed by atoms with van der Waals surface area (Å²) in [6.07, 6.45) is 1.52. The van der Waals surface area contributed by atoms with Crippen LogP contribution < -0.4 is 10.1 Å². The van der Waals surface area contributed by atoms with E-state index in [0.29, 0.717) is 34.5 Å². The van der Waals surface area contributed by atoms with Gasteiger partial charge in [-0.2, -0.15) is 9.67 Å². The van der Waals surface area contributed by atoms with Crippen LogP contribution in [0.1, 0.15) is 15.9 Å². The lowest BCUT2D eigenvalue weighted by atomic mass is 10.2. The Bertz CT molecular complexity index is 1140. The molecule has 0 aliphatic carbocycles. The van der Waals surface area contributed by atoms with Crippen molar-refractivity contribution >= 4 is 23.5 Å². The van der Waals surface area contributed by atoms with E-state index in [1.165, 1.54) is 10.9 Å². The van der Waals surface area contributed by atoms with Gasteiger partial charge in [-0.1, -0.05) is 35.9 Å². The van der Waals surface area contributed by atoms with Crippen LogP contribution in [0.3, 0.4) is 0 Å². The van der Waals surface area contributed by atoms with Crippen molar-refractivity contribution in [2.24, 2.45) is 0 Å². The Labute approximate surface area is 171 Å². The summed E-state index contributed by atoms with van der Waals surface area (Å²) in [5, 5.41) is 8.11. The summed E-state index contributed by atoms with van der Waals surface area (Å²) in [5.74, 6) is 1.27. The highest BCUT2D eigenvalue weighted by Gasteiger charge is 2.20. The standard InChI is InChI=1S/C21H17ClN4O3/c1-28-16-8-4-7-14(12-16)20(27)26-21(23-13-15-6-2-3-9-17(15)22)24-19(25-26)18-10-5-11-29-18/h2-12H,13H2,1H3,(H,23,24,25). The summed E-state index contributed by atoms with van der Waals surface area (Å²) < 4.78 is 11.8. The van der Waals surface area contributed by atoms with Gasteiger partial charge in [-0.3, -0.25) is 4.79 Å². The Balaban J connectivity index is 1.69. The highest BCUT2D eigenvalue weighted by atomic mass is 35.5. The average molecular weight is 409 g/mol. The van der Waals surface area contributed by atoms with Gasteiger partial charge in [0.15, 0.2) is 5.76 Å². The Morgan fingerprint density at radius 2 is 2.03 bits per heavy atom. The molecule has 0 bridgehead atoms. The van der Waals surface area contributed by atoms with Crippen molar-refractivity contribution in [2.45, 2.75) is 6.54 Å². The Hall–Kier alpha value is -3.58. The molecule has 7 nitrogen and oxygen atoms in total. The van der Waals surface area contributed by atoms with Crippen LogP contribution >= 0.6 is 11.6 Å². The predicted octanol–water partition coefficient (Wildman–Crippen LogP) is 4.50. The fourth-order valence-electron chi connectivity index (χ4n) is 2.77.